The second-order valence-electron chi connectivity index (χ2n) is 4.63. The summed E-state index contributed by atoms with van der Waals surface area (Å²) in [6.07, 6.45) is 1.03. The highest BCUT2D eigenvalue weighted by molar-refractivity contribution is 9.10. The third-order valence-electron chi connectivity index (χ3n) is 3.53. The normalized spacial score (nSPS) is 23.1. The quantitative estimate of drug-likeness (QED) is 0.869. The van der Waals surface area contributed by atoms with E-state index in [4.69, 9.17) is 4.74 Å². The molecule has 1 aliphatic rings. The molecular formula is C14H16BrNO3. The van der Waals surface area contributed by atoms with E-state index in [1.165, 1.54) is 0 Å². The van der Waals surface area contributed by atoms with Crippen molar-refractivity contribution < 1.29 is 14.3 Å². The summed E-state index contributed by atoms with van der Waals surface area (Å²) in [5, 5.41) is 2.40. The maximum atomic E-state index is 11.9. The summed E-state index contributed by atoms with van der Waals surface area (Å²) in [4.78, 5) is 23.5. The summed E-state index contributed by atoms with van der Waals surface area (Å²) >= 11 is 3.49. The molecule has 1 aliphatic heterocycles. The fraction of sp³-hybridized carbons (Fsp3) is 0.429. The molecule has 1 fully saturated rings. The Hall–Kier alpha value is -1.36. The summed E-state index contributed by atoms with van der Waals surface area (Å²) in [5.74, 6) is 0.0520. The maximum absolute atomic E-state index is 11.9. The SMILES string of the molecule is CCC1C(=O)NC(=O)CC1c1cc(OC)ccc1Br. The average Bonchev–Trinajstić information content (AvgIpc) is 2.38. The number of imide groups is 1. The predicted molar refractivity (Wildman–Crippen MR) is 75.0 cm³/mol. The van der Waals surface area contributed by atoms with E-state index in [0.29, 0.717) is 12.8 Å². The Morgan fingerprint density at radius 2 is 2.16 bits per heavy atom. The average molecular weight is 326 g/mol. The van der Waals surface area contributed by atoms with Crippen molar-refractivity contribution in [3.05, 3.63) is 28.2 Å². The number of piperidine rings is 1. The highest BCUT2D eigenvalue weighted by Gasteiger charge is 2.36. The first-order valence-electron chi connectivity index (χ1n) is 6.24. The van der Waals surface area contributed by atoms with E-state index in [-0.39, 0.29) is 23.7 Å². The first-order valence-corrected chi connectivity index (χ1v) is 7.03. The molecule has 1 aromatic carbocycles. The van der Waals surface area contributed by atoms with Crippen LogP contribution < -0.4 is 10.1 Å². The van der Waals surface area contributed by atoms with Gasteiger partial charge in [0, 0.05) is 22.7 Å². The Kier molecular flexibility index (Phi) is 4.24. The molecule has 0 saturated carbocycles. The molecule has 1 saturated heterocycles. The fourth-order valence-corrected chi connectivity index (χ4v) is 3.08. The largest absolute Gasteiger partial charge is 0.497 e. The molecule has 2 rings (SSSR count). The first-order chi connectivity index (χ1) is 9.06. The van der Waals surface area contributed by atoms with Crippen molar-refractivity contribution in [3.63, 3.8) is 0 Å². The molecule has 2 unspecified atom stereocenters. The standard InChI is InChI=1S/C14H16BrNO3/c1-3-9-10(7-13(17)16-14(9)18)11-6-8(19-2)4-5-12(11)15/h4-6,9-10H,3,7H2,1-2H3,(H,16,17,18). The van der Waals surface area contributed by atoms with Gasteiger partial charge in [-0.05, 0) is 30.2 Å². The van der Waals surface area contributed by atoms with Crippen LogP contribution in [0.5, 0.6) is 5.75 Å². The number of carbonyl (C=O) groups is 2. The highest BCUT2D eigenvalue weighted by atomic mass is 79.9. The zero-order valence-electron chi connectivity index (χ0n) is 10.9. The van der Waals surface area contributed by atoms with Gasteiger partial charge in [-0.2, -0.15) is 0 Å². The minimum atomic E-state index is -0.214. The topological polar surface area (TPSA) is 55.4 Å². The lowest BCUT2D eigenvalue weighted by atomic mass is 9.79. The molecule has 0 bridgehead atoms. The number of ether oxygens (including phenoxy) is 1. The van der Waals surface area contributed by atoms with Gasteiger partial charge in [-0.1, -0.05) is 22.9 Å². The molecule has 2 amide bonds. The molecule has 4 nitrogen and oxygen atoms in total. The summed E-state index contributed by atoms with van der Waals surface area (Å²) in [7, 11) is 1.60. The van der Waals surface area contributed by atoms with E-state index in [0.717, 1.165) is 15.8 Å². The van der Waals surface area contributed by atoms with Crippen molar-refractivity contribution in [1.29, 1.82) is 0 Å². The number of hydrogen-bond acceptors (Lipinski definition) is 3. The molecule has 102 valence electrons. The van der Waals surface area contributed by atoms with Gasteiger partial charge in [0.1, 0.15) is 5.75 Å². The number of rotatable bonds is 3. The lowest BCUT2D eigenvalue weighted by Crippen LogP contribution is -2.44. The van der Waals surface area contributed by atoms with Gasteiger partial charge in [-0.15, -0.1) is 0 Å². The van der Waals surface area contributed by atoms with Crippen LogP contribution >= 0.6 is 15.9 Å². The Morgan fingerprint density at radius 1 is 1.42 bits per heavy atom. The van der Waals surface area contributed by atoms with E-state index in [9.17, 15) is 9.59 Å². The van der Waals surface area contributed by atoms with Crippen molar-refractivity contribution in [2.75, 3.05) is 7.11 Å². The van der Waals surface area contributed by atoms with E-state index < -0.39 is 0 Å². The van der Waals surface area contributed by atoms with Crippen molar-refractivity contribution in [1.82, 2.24) is 5.32 Å². The molecule has 1 aromatic rings. The molecule has 0 spiro atoms. The van der Waals surface area contributed by atoms with Crippen molar-refractivity contribution in [2.24, 2.45) is 5.92 Å². The molecule has 1 N–H and O–H groups in total. The molecule has 0 aromatic heterocycles. The highest BCUT2D eigenvalue weighted by Crippen LogP contribution is 2.38. The number of nitrogens with one attached hydrogen (secondary N) is 1. The van der Waals surface area contributed by atoms with E-state index in [2.05, 4.69) is 21.2 Å². The van der Waals surface area contributed by atoms with Gasteiger partial charge in [0.25, 0.3) is 0 Å². The van der Waals surface area contributed by atoms with Gasteiger partial charge in [0.15, 0.2) is 0 Å². The Labute approximate surface area is 120 Å². The Balaban J connectivity index is 2.42. The Bertz CT molecular complexity index is 515. The molecule has 1 heterocycles. The lowest BCUT2D eigenvalue weighted by molar-refractivity contribution is -0.137. The molecule has 0 radical (unpaired) electrons. The summed E-state index contributed by atoms with van der Waals surface area (Å²) in [6.45, 7) is 1.96. The van der Waals surface area contributed by atoms with Crippen LogP contribution in [0, 0.1) is 5.92 Å². The first kappa shape index (κ1) is 14.1. The summed E-state index contributed by atoms with van der Waals surface area (Å²) in [6, 6.07) is 5.63. The van der Waals surface area contributed by atoms with Crippen LogP contribution in [-0.4, -0.2) is 18.9 Å². The molecule has 19 heavy (non-hydrogen) atoms. The van der Waals surface area contributed by atoms with Crippen LogP contribution in [0.2, 0.25) is 0 Å². The van der Waals surface area contributed by atoms with Gasteiger partial charge in [-0.3, -0.25) is 14.9 Å². The zero-order valence-corrected chi connectivity index (χ0v) is 12.5. The van der Waals surface area contributed by atoms with Gasteiger partial charge in [-0.25, -0.2) is 0 Å². The molecular weight excluding hydrogens is 310 g/mol. The monoisotopic (exact) mass is 325 g/mol. The van der Waals surface area contributed by atoms with Gasteiger partial charge in [0.05, 0.1) is 7.11 Å². The van der Waals surface area contributed by atoms with Crippen LogP contribution in [0.4, 0.5) is 0 Å². The third-order valence-corrected chi connectivity index (χ3v) is 4.26. The second-order valence-corrected chi connectivity index (χ2v) is 5.48. The van der Waals surface area contributed by atoms with Crippen LogP contribution in [0.25, 0.3) is 0 Å². The van der Waals surface area contributed by atoms with Gasteiger partial charge >= 0.3 is 0 Å². The molecule has 2 atom stereocenters. The van der Waals surface area contributed by atoms with E-state index in [1.807, 2.05) is 25.1 Å². The second kappa shape index (κ2) is 5.74. The molecule has 5 heteroatoms. The minimum absolute atomic E-state index is 0.101. The summed E-state index contributed by atoms with van der Waals surface area (Å²) in [5.41, 5.74) is 0.953. The summed E-state index contributed by atoms with van der Waals surface area (Å²) < 4.78 is 6.12. The molecule has 0 aliphatic carbocycles. The van der Waals surface area contributed by atoms with Gasteiger partial charge in [0.2, 0.25) is 11.8 Å². The fourth-order valence-electron chi connectivity index (χ4n) is 2.54. The zero-order chi connectivity index (χ0) is 14.0. The van der Waals surface area contributed by atoms with Crippen LogP contribution in [0.3, 0.4) is 0 Å². The number of halogens is 1. The van der Waals surface area contributed by atoms with Crippen molar-refractivity contribution in [3.8, 4) is 5.75 Å². The smallest absolute Gasteiger partial charge is 0.230 e. The van der Waals surface area contributed by atoms with Crippen LogP contribution in [0.1, 0.15) is 31.2 Å². The van der Waals surface area contributed by atoms with Crippen LogP contribution in [0.15, 0.2) is 22.7 Å². The number of methoxy groups -OCH3 is 1. The minimum Gasteiger partial charge on any atom is -0.497 e. The van der Waals surface area contributed by atoms with Crippen molar-refractivity contribution in [2.45, 2.75) is 25.7 Å². The van der Waals surface area contributed by atoms with Crippen LogP contribution in [-0.2, 0) is 9.59 Å². The van der Waals surface area contributed by atoms with Gasteiger partial charge < -0.3 is 4.74 Å². The van der Waals surface area contributed by atoms with E-state index >= 15 is 0 Å². The number of carbonyl (C=O) groups excluding carboxylic acids is 2. The van der Waals surface area contributed by atoms with E-state index in [1.54, 1.807) is 7.11 Å². The third kappa shape index (κ3) is 2.81. The lowest BCUT2D eigenvalue weighted by Gasteiger charge is -2.30. The number of benzene rings is 1. The maximum Gasteiger partial charge on any atom is 0.230 e. The number of amides is 2. The van der Waals surface area contributed by atoms with Crippen molar-refractivity contribution >= 4 is 27.7 Å². The number of hydrogen-bond donors (Lipinski definition) is 1. The Morgan fingerprint density at radius 3 is 2.79 bits per heavy atom. The predicted octanol–water partition coefficient (Wildman–Crippen LogP) is 2.61.